The van der Waals surface area contributed by atoms with Crippen molar-refractivity contribution in [2.75, 3.05) is 11.4 Å². The molecule has 2 unspecified atom stereocenters. The van der Waals surface area contributed by atoms with Gasteiger partial charge in [-0.2, -0.15) is 0 Å². The van der Waals surface area contributed by atoms with E-state index in [1.54, 1.807) is 13.1 Å². The van der Waals surface area contributed by atoms with Crippen molar-refractivity contribution in [2.24, 2.45) is 0 Å². The summed E-state index contributed by atoms with van der Waals surface area (Å²) in [5.41, 5.74) is 0.880. The van der Waals surface area contributed by atoms with Crippen molar-refractivity contribution in [3.63, 3.8) is 0 Å². The SMILES string of the molecule is CC(O)c1ccc(N2CCCC2C)nc1. The van der Waals surface area contributed by atoms with Crippen molar-refractivity contribution in [2.45, 2.75) is 38.8 Å². The van der Waals surface area contributed by atoms with E-state index in [0.717, 1.165) is 17.9 Å². The molecule has 1 aliphatic heterocycles. The van der Waals surface area contributed by atoms with Crippen LogP contribution in [0.1, 0.15) is 38.4 Å². The summed E-state index contributed by atoms with van der Waals surface area (Å²) in [4.78, 5) is 6.72. The number of pyridine rings is 1. The summed E-state index contributed by atoms with van der Waals surface area (Å²) >= 11 is 0. The van der Waals surface area contributed by atoms with Crippen LogP contribution in [-0.4, -0.2) is 22.7 Å². The third-order valence-electron chi connectivity index (χ3n) is 3.10. The largest absolute Gasteiger partial charge is 0.389 e. The van der Waals surface area contributed by atoms with Crippen LogP contribution < -0.4 is 4.90 Å². The van der Waals surface area contributed by atoms with E-state index in [-0.39, 0.29) is 0 Å². The summed E-state index contributed by atoms with van der Waals surface area (Å²) < 4.78 is 0. The number of aliphatic hydroxyl groups is 1. The quantitative estimate of drug-likeness (QED) is 0.805. The average Bonchev–Trinajstić information content (AvgIpc) is 2.65. The molecule has 1 saturated heterocycles. The lowest BCUT2D eigenvalue weighted by molar-refractivity contribution is 0.199. The molecule has 0 saturated carbocycles. The molecule has 0 amide bonds. The first kappa shape index (κ1) is 10.4. The maximum Gasteiger partial charge on any atom is 0.128 e. The lowest BCUT2D eigenvalue weighted by Crippen LogP contribution is -2.27. The molecule has 3 heteroatoms. The van der Waals surface area contributed by atoms with E-state index >= 15 is 0 Å². The Bertz CT molecular complexity index is 321. The van der Waals surface area contributed by atoms with Crippen LogP contribution in [-0.2, 0) is 0 Å². The van der Waals surface area contributed by atoms with E-state index in [1.165, 1.54) is 12.8 Å². The van der Waals surface area contributed by atoms with Gasteiger partial charge in [-0.1, -0.05) is 6.07 Å². The highest BCUT2D eigenvalue weighted by atomic mass is 16.3. The number of aliphatic hydroxyl groups excluding tert-OH is 1. The highest BCUT2D eigenvalue weighted by Crippen LogP contribution is 2.24. The van der Waals surface area contributed by atoms with Gasteiger partial charge in [-0.15, -0.1) is 0 Å². The topological polar surface area (TPSA) is 36.4 Å². The molecule has 1 fully saturated rings. The van der Waals surface area contributed by atoms with Crippen LogP contribution in [0, 0.1) is 0 Å². The van der Waals surface area contributed by atoms with Crippen LogP contribution >= 0.6 is 0 Å². The van der Waals surface area contributed by atoms with Gasteiger partial charge in [-0.3, -0.25) is 0 Å². The summed E-state index contributed by atoms with van der Waals surface area (Å²) in [6, 6.07) is 4.55. The number of nitrogens with zero attached hydrogens (tertiary/aromatic N) is 2. The molecule has 1 aromatic rings. The normalized spacial score (nSPS) is 23.1. The van der Waals surface area contributed by atoms with Gasteiger partial charge in [0.1, 0.15) is 5.82 Å². The Morgan fingerprint density at radius 3 is 2.80 bits per heavy atom. The van der Waals surface area contributed by atoms with Crippen LogP contribution in [0.4, 0.5) is 5.82 Å². The van der Waals surface area contributed by atoms with Crippen molar-refractivity contribution in [3.05, 3.63) is 23.9 Å². The predicted octanol–water partition coefficient (Wildman–Crippen LogP) is 2.12. The van der Waals surface area contributed by atoms with Crippen LogP contribution in [0.5, 0.6) is 0 Å². The van der Waals surface area contributed by atoms with Gasteiger partial charge in [0.25, 0.3) is 0 Å². The molecule has 0 spiro atoms. The van der Waals surface area contributed by atoms with E-state index < -0.39 is 6.10 Å². The van der Waals surface area contributed by atoms with Crippen LogP contribution in [0.3, 0.4) is 0 Å². The molecule has 1 N–H and O–H groups in total. The molecule has 0 radical (unpaired) electrons. The zero-order chi connectivity index (χ0) is 10.8. The second kappa shape index (κ2) is 4.19. The molecule has 2 atom stereocenters. The van der Waals surface area contributed by atoms with Gasteiger partial charge in [0, 0.05) is 18.8 Å². The monoisotopic (exact) mass is 206 g/mol. The molecule has 2 rings (SSSR count). The Kier molecular flexibility index (Phi) is 2.91. The lowest BCUT2D eigenvalue weighted by Gasteiger charge is -2.22. The zero-order valence-corrected chi connectivity index (χ0v) is 9.35. The minimum Gasteiger partial charge on any atom is -0.389 e. The molecular formula is C12H18N2O. The van der Waals surface area contributed by atoms with Gasteiger partial charge in [0.15, 0.2) is 0 Å². The molecule has 3 nitrogen and oxygen atoms in total. The summed E-state index contributed by atoms with van der Waals surface area (Å²) in [5.74, 6) is 1.03. The van der Waals surface area contributed by atoms with Crippen molar-refractivity contribution >= 4 is 5.82 Å². The molecule has 2 heterocycles. The summed E-state index contributed by atoms with van der Waals surface area (Å²) in [5, 5.41) is 9.38. The first-order chi connectivity index (χ1) is 7.18. The molecule has 82 valence electrons. The third-order valence-corrected chi connectivity index (χ3v) is 3.10. The zero-order valence-electron chi connectivity index (χ0n) is 9.35. The Labute approximate surface area is 90.8 Å². The maximum atomic E-state index is 9.38. The minimum absolute atomic E-state index is 0.428. The Hall–Kier alpha value is -1.09. The van der Waals surface area contributed by atoms with E-state index in [2.05, 4.69) is 16.8 Å². The fourth-order valence-electron chi connectivity index (χ4n) is 2.09. The molecule has 1 aliphatic rings. The number of rotatable bonds is 2. The molecular weight excluding hydrogens is 188 g/mol. The first-order valence-corrected chi connectivity index (χ1v) is 5.59. The molecule has 1 aromatic heterocycles. The second-order valence-corrected chi connectivity index (χ2v) is 4.31. The van der Waals surface area contributed by atoms with Crippen molar-refractivity contribution in [3.8, 4) is 0 Å². The van der Waals surface area contributed by atoms with Gasteiger partial charge in [0.2, 0.25) is 0 Å². The van der Waals surface area contributed by atoms with Gasteiger partial charge in [-0.05, 0) is 38.3 Å². The summed E-state index contributed by atoms with van der Waals surface area (Å²) in [7, 11) is 0. The number of aromatic nitrogens is 1. The third kappa shape index (κ3) is 2.12. The van der Waals surface area contributed by atoms with Crippen molar-refractivity contribution in [1.29, 1.82) is 0 Å². The van der Waals surface area contributed by atoms with Crippen molar-refractivity contribution < 1.29 is 5.11 Å². The summed E-state index contributed by atoms with van der Waals surface area (Å²) in [6.07, 6.45) is 3.84. The fraction of sp³-hybridized carbons (Fsp3) is 0.583. The first-order valence-electron chi connectivity index (χ1n) is 5.59. The van der Waals surface area contributed by atoms with Gasteiger partial charge >= 0.3 is 0 Å². The number of hydrogen-bond donors (Lipinski definition) is 1. The molecule has 0 bridgehead atoms. The minimum atomic E-state index is -0.428. The fourth-order valence-corrected chi connectivity index (χ4v) is 2.09. The number of hydrogen-bond acceptors (Lipinski definition) is 3. The standard InChI is InChI=1S/C12H18N2O/c1-9-4-3-7-14(9)12-6-5-11(8-13-12)10(2)15/h5-6,8-10,15H,3-4,7H2,1-2H3. The lowest BCUT2D eigenvalue weighted by atomic mass is 10.2. The average molecular weight is 206 g/mol. The van der Waals surface area contributed by atoms with Gasteiger partial charge < -0.3 is 10.0 Å². The smallest absolute Gasteiger partial charge is 0.128 e. The highest BCUT2D eigenvalue weighted by molar-refractivity contribution is 5.41. The highest BCUT2D eigenvalue weighted by Gasteiger charge is 2.21. The predicted molar refractivity (Wildman–Crippen MR) is 60.9 cm³/mol. The van der Waals surface area contributed by atoms with Crippen LogP contribution in [0.25, 0.3) is 0 Å². The maximum absolute atomic E-state index is 9.38. The van der Waals surface area contributed by atoms with E-state index in [0.29, 0.717) is 6.04 Å². The summed E-state index contributed by atoms with van der Waals surface area (Å²) in [6.45, 7) is 5.09. The van der Waals surface area contributed by atoms with Crippen molar-refractivity contribution in [1.82, 2.24) is 4.98 Å². The van der Waals surface area contributed by atoms with E-state index in [1.807, 2.05) is 12.1 Å². The van der Waals surface area contributed by atoms with Crippen LogP contribution in [0.2, 0.25) is 0 Å². The Morgan fingerprint density at radius 1 is 1.53 bits per heavy atom. The molecule has 0 aromatic carbocycles. The van der Waals surface area contributed by atoms with Gasteiger partial charge in [0.05, 0.1) is 6.10 Å². The number of anilines is 1. The Balaban J connectivity index is 2.16. The van der Waals surface area contributed by atoms with E-state index in [4.69, 9.17) is 0 Å². The second-order valence-electron chi connectivity index (χ2n) is 4.31. The molecule has 15 heavy (non-hydrogen) atoms. The van der Waals surface area contributed by atoms with Crippen LogP contribution in [0.15, 0.2) is 18.3 Å². The van der Waals surface area contributed by atoms with E-state index in [9.17, 15) is 5.11 Å². The molecule has 0 aliphatic carbocycles. The Morgan fingerprint density at radius 2 is 2.33 bits per heavy atom. The van der Waals surface area contributed by atoms with Gasteiger partial charge in [-0.25, -0.2) is 4.98 Å².